The van der Waals surface area contributed by atoms with Gasteiger partial charge in [-0.2, -0.15) is 19.2 Å². The average Bonchev–Trinajstić information content (AvgIpc) is 3.26. The van der Waals surface area contributed by atoms with Crippen LogP contribution in [0.3, 0.4) is 0 Å². The van der Waals surface area contributed by atoms with E-state index in [0.717, 1.165) is 12.5 Å². The highest BCUT2D eigenvalue weighted by molar-refractivity contribution is 5.76. The third-order valence-electron chi connectivity index (χ3n) is 3.18. The molecule has 2 saturated heterocycles. The number of hydrogen-bond acceptors (Lipinski definition) is 7. The van der Waals surface area contributed by atoms with Crippen molar-refractivity contribution in [2.75, 3.05) is 6.61 Å². The molecule has 21 heavy (non-hydrogen) atoms. The van der Waals surface area contributed by atoms with E-state index in [-0.39, 0.29) is 24.2 Å². The summed E-state index contributed by atoms with van der Waals surface area (Å²) in [5.41, 5.74) is 0. The normalized spacial score (nSPS) is 30.0. The SMILES string of the molecule is CC(=O)CC1CO1.CC1CCC2OC2C1.O=C=O.O=C=O. The van der Waals surface area contributed by atoms with E-state index in [2.05, 4.69) is 6.92 Å². The van der Waals surface area contributed by atoms with E-state index in [0.29, 0.717) is 18.6 Å². The minimum Gasteiger partial charge on any atom is -0.373 e. The van der Waals surface area contributed by atoms with Gasteiger partial charge in [0.25, 0.3) is 0 Å². The van der Waals surface area contributed by atoms with E-state index in [9.17, 15) is 4.79 Å². The molecule has 1 aliphatic carbocycles. The highest BCUT2D eigenvalue weighted by atomic mass is 16.6. The molecule has 2 aliphatic heterocycles. The molecule has 4 unspecified atom stereocenters. The van der Waals surface area contributed by atoms with E-state index < -0.39 is 0 Å². The lowest BCUT2D eigenvalue weighted by molar-refractivity contribution is -0.193. The topological polar surface area (TPSA) is 110 Å². The van der Waals surface area contributed by atoms with Crippen LogP contribution in [-0.4, -0.2) is 43.0 Å². The van der Waals surface area contributed by atoms with Crippen LogP contribution in [0.25, 0.3) is 0 Å². The third kappa shape index (κ3) is 11.8. The molecule has 7 heteroatoms. The molecule has 2 heterocycles. The Bertz CT molecular complexity index is 365. The maximum absolute atomic E-state index is 10.2. The summed E-state index contributed by atoms with van der Waals surface area (Å²) in [5, 5.41) is 0. The van der Waals surface area contributed by atoms with Gasteiger partial charge in [-0.05, 0) is 32.1 Å². The minimum atomic E-state index is 0.225. The quantitative estimate of drug-likeness (QED) is 0.692. The number of fused-ring (bicyclic) bond motifs is 1. The van der Waals surface area contributed by atoms with E-state index in [1.807, 2.05) is 0 Å². The number of ether oxygens (including phenoxy) is 2. The smallest absolute Gasteiger partial charge is 0.373 e. The van der Waals surface area contributed by atoms with Crippen molar-refractivity contribution in [1.82, 2.24) is 0 Å². The Hall–Kier alpha value is -1.65. The van der Waals surface area contributed by atoms with Gasteiger partial charge in [0.05, 0.1) is 24.9 Å². The molecular weight excluding hydrogens is 280 g/mol. The summed E-state index contributed by atoms with van der Waals surface area (Å²) in [4.78, 5) is 42.7. The lowest BCUT2D eigenvalue weighted by atomic mass is 9.91. The Morgan fingerprint density at radius 3 is 1.90 bits per heavy atom. The zero-order valence-electron chi connectivity index (χ0n) is 12.2. The number of epoxide rings is 2. The number of carbonyl (C=O) groups is 1. The van der Waals surface area contributed by atoms with E-state index in [1.54, 1.807) is 6.92 Å². The Kier molecular flexibility index (Phi) is 10.2. The number of rotatable bonds is 2. The highest BCUT2D eigenvalue weighted by Crippen LogP contribution is 2.38. The van der Waals surface area contributed by atoms with Crippen molar-refractivity contribution in [2.24, 2.45) is 5.92 Å². The van der Waals surface area contributed by atoms with Gasteiger partial charge in [0, 0.05) is 6.42 Å². The maximum atomic E-state index is 10.2. The van der Waals surface area contributed by atoms with Crippen LogP contribution in [0.4, 0.5) is 0 Å². The van der Waals surface area contributed by atoms with Gasteiger partial charge in [0.2, 0.25) is 0 Å². The van der Waals surface area contributed by atoms with Gasteiger partial charge in [-0.25, -0.2) is 0 Å². The molecule has 0 aromatic rings. The molecule has 3 aliphatic rings. The molecule has 118 valence electrons. The number of carbonyl (C=O) groups excluding carboxylic acids is 5. The van der Waals surface area contributed by atoms with Gasteiger partial charge in [-0.15, -0.1) is 0 Å². The second-order valence-electron chi connectivity index (χ2n) is 5.16. The molecular formula is C14H20O7. The summed E-state index contributed by atoms with van der Waals surface area (Å²) in [6, 6.07) is 0. The molecule has 3 fully saturated rings. The van der Waals surface area contributed by atoms with Gasteiger partial charge < -0.3 is 9.47 Å². The van der Waals surface area contributed by atoms with Crippen molar-refractivity contribution in [1.29, 1.82) is 0 Å². The second-order valence-corrected chi connectivity index (χ2v) is 5.16. The molecule has 4 atom stereocenters. The first-order valence-corrected chi connectivity index (χ1v) is 6.73. The van der Waals surface area contributed by atoms with E-state index in [1.165, 1.54) is 19.3 Å². The summed E-state index contributed by atoms with van der Waals surface area (Å²) >= 11 is 0. The van der Waals surface area contributed by atoms with Crippen molar-refractivity contribution < 1.29 is 33.4 Å². The molecule has 1 saturated carbocycles. The molecule has 0 N–H and O–H groups in total. The number of Topliss-reactive ketones (excluding diaryl/α,β-unsaturated/α-hetero) is 1. The summed E-state index contributed by atoms with van der Waals surface area (Å²) in [5.74, 6) is 1.15. The van der Waals surface area contributed by atoms with Crippen LogP contribution in [0.15, 0.2) is 0 Å². The predicted molar refractivity (Wildman–Crippen MR) is 66.7 cm³/mol. The van der Waals surface area contributed by atoms with Crippen LogP contribution >= 0.6 is 0 Å². The summed E-state index contributed by atoms with van der Waals surface area (Å²) in [6.07, 6.45) is 6.79. The van der Waals surface area contributed by atoms with E-state index >= 15 is 0 Å². The molecule has 0 bridgehead atoms. The monoisotopic (exact) mass is 300 g/mol. The van der Waals surface area contributed by atoms with Crippen LogP contribution in [-0.2, 0) is 33.4 Å². The highest BCUT2D eigenvalue weighted by Gasteiger charge is 2.42. The average molecular weight is 300 g/mol. The molecule has 0 aromatic heterocycles. The maximum Gasteiger partial charge on any atom is 0.373 e. The largest absolute Gasteiger partial charge is 0.373 e. The number of ketones is 1. The molecule has 3 rings (SSSR count). The first-order valence-electron chi connectivity index (χ1n) is 6.73. The molecule has 0 aromatic carbocycles. The Morgan fingerprint density at radius 1 is 1.10 bits per heavy atom. The van der Waals surface area contributed by atoms with Crippen LogP contribution in [0.5, 0.6) is 0 Å². The zero-order valence-corrected chi connectivity index (χ0v) is 12.2. The lowest BCUT2D eigenvalue weighted by Gasteiger charge is -2.11. The summed E-state index contributed by atoms with van der Waals surface area (Å²) < 4.78 is 10.1. The first kappa shape index (κ1) is 19.4. The minimum absolute atomic E-state index is 0.225. The number of hydrogen-bond donors (Lipinski definition) is 0. The van der Waals surface area contributed by atoms with Crippen molar-refractivity contribution in [3.63, 3.8) is 0 Å². The Labute approximate surface area is 123 Å². The van der Waals surface area contributed by atoms with Gasteiger partial charge in [0.15, 0.2) is 0 Å². The van der Waals surface area contributed by atoms with Crippen molar-refractivity contribution in [3.05, 3.63) is 0 Å². The van der Waals surface area contributed by atoms with Crippen molar-refractivity contribution in [2.45, 2.75) is 57.8 Å². The lowest BCUT2D eigenvalue weighted by Crippen LogP contribution is -2.09. The summed E-state index contributed by atoms with van der Waals surface area (Å²) in [6.45, 7) is 4.69. The Morgan fingerprint density at radius 2 is 1.62 bits per heavy atom. The van der Waals surface area contributed by atoms with Crippen LogP contribution in [0.1, 0.15) is 39.5 Å². The molecule has 0 radical (unpaired) electrons. The standard InChI is InChI=1S/C7H12O.C5H8O2.2CO2/c1-5-2-3-6-7(4-5)8-6;1-4(6)2-5-3-7-5;2*2-1-3/h5-7H,2-4H2,1H3;5H,2-3H2,1H3;;. The van der Waals surface area contributed by atoms with Crippen LogP contribution in [0.2, 0.25) is 0 Å². The van der Waals surface area contributed by atoms with Crippen molar-refractivity contribution >= 4 is 18.1 Å². The fourth-order valence-corrected chi connectivity index (χ4v) is 2.11. The first-order chi connectivity index (χ1) is 9.98. The van der Waals surface area contributed by atoms with Gasteiger partial charge in [-0.1, -0.05) is 6.92 Å². The van der Waals surface area contributed by atoms with Gasteiger partial charge in [-0.3, -0.25) is 4.79 Å². The Balaban J connectivity index is 0.000000283. The molecule has 0 amide bonds. The zero-order chi connectivity index (χ0) is 16.3. The van der Waals surface area contributed by atoms with Crippen LogP contribution in [0, 0.1) is 5.92 Å². The molecule has 7 nitrogen and oxygen atoms in total. The van der Waals surface area contributed by atoms with E-state index in [4.69, 9.17) is 28.7 Å². The summed E-state index contributed by atoms with van der Waals surface area (Å²) in [7, 11) is 0. The van der Waals surface area contributed by atoms with Gasteiger partial charge >= 0.3 is 12.3 Å². The van der Waals surface area contributed by atoms with Crippen molar-refractivity contribution in [3.8, 4) is 0 Å². The fourth-order valence-electron chi connectivity index (χ4n) is 2.11. The fraction of sp³-hybridized carbons (Fsp3) is 0.786. The van der Waals surface area contributed by atoms with Gasteiger partial charge in [0.1, 0.15) is 5.78 Å². The van der Waals surface area contributed by atoms with Crippen LogP contribution < -0.4 is 0 Å². The molecule has 0 spiro atoms. The third-order valence-corrected chi connectivity index (χ3v) is 3.18. The predicted octanol–water partition coefficient (Wildman–Crippen LogP) is 0.771. The second kappa shape index (κ2) is 11.1.